The highest BCUT2D eigenvalue weighted by Crippen LogP contribution is 2.42. The molecule has 0 aromatic carbocycles. The first-order chi connectivity index (χ1) is 8.45. The Hall–Kier alpha value is -1.36. The van der Waals surface area contributed by atoms with Gasteiger partial charge in [0.15, 0.2) is 0 Å². The maximum atomic E-state index is 9.75. The molecule has 0 saturated heterocycles. The van der Waals surface area contributed by atoms with Crippen molar-refractivity contribution < 1.29 is 5.11 Å². The molecule has 18 heavy (non-hydrogen) atoms. The van der Waals surface area contributed by atoms with Crippen molar-refractivity contribution in [1.82, 2.24) is 9.97 Å². The van der Waals surface area contributed by atoms with Crippen molar-refractivity contribution in [2.75, 3.05) is 17.2 Å². The number of aliphatic hydroxyl groups is 1. The monoisotopic (exact) mass is 250 g/mol. The Labute approximate surface area is 108 Å². The number of aromatic nitrogens is 2. The first kappa shape index (κ1) is 13.1. The average Bonchev–Trinajstić information content (AvgIpc) is 2.33. The number of aliphatic hydroxyl groups excluding tert-OH is 1. The second kappa shape index (κ2) is 4.72. The van der Waals surface area contributed by atoms with Gasteiger partial charge < -0.3 is 15.7 Å². The molecule has 2 rings (SSSR count). The van der Waals surface area contributed by atoms with E-state index >= 15 is 0 Å². The second-order valence-electron chi connectivity index (χ2n) is 5.53. The topological polar surface area (TPSA) is 70.1 Å². The van der Waals surface area contributed by atoms with Gasteiger partial charge in [0.1, 0.15) is 5.82 Å². The van der Waals surface area contributed by atoms with Gasteiger partial charge in [-0.05, 0) is 20.3 Å². The zero-order valence-corrected chi connectivity index (χ0v) is 11.5. The SMILES string of the molecule is CCNc1ncc(C)c(NC2CC(O)C2(C)C)n1. The molecule has 2 unspecified atom stereocenters. The van der Waals surface area contributed by atoms with E-state index in [9.17, 15) is 5.11 Å². The van der Waals surface area contributed by atoms with Crippen LogP contribution in [0.15, 0.2) is 6.20 Å². The minimum absolute atomic E-state index is 0.101. The molecule has 3 N–H and O–H groups in total. The smallest absolute Gasteiger partial charge is 0.224 e. The van der Waals surface area contributed by atoms with E-state index in [-0.39, 0.29) is 17.6 Å². The molecule has 0 spiro atoms. The zero-order valence-electron chi connectivity index (χ0n) is 11.5. The lowest BCUT2D eigenvalue weighted by Gasteiger charge is -2.49. The van der Waals surface area contributed by atoms with Crippen molar-refractivity contribution in [2.24, 2.45) is 5.41 Å². The van der Waals surface area contributed by atoms with Crippen LogP contribution in [0.3, 0.4) is 0 Å². The molecule has 0 radical (unpaired) electrons. The third kappa shape index (κ3) is 2.27. The van der Waals surface area contributed by atoms with Crippen molar-refractivity contribution in [3.05, 3.63) is 11.8 Å². The third-order valence-corrected chi connectivity index (χ3v) is 3.83. The van der Waals surface area contributed by atoms with Crippen LogP contribution in [0.4, 0.5) is 11.8 Å². The fourth-order valence-electron chi connectivity index (χ4n) is 2.14. The summed E-state index contributed by atoms with van der Waals surface area (Å²) in [6.07, 6.45) is 2.35. The lowest BCUT2D eigenvalue weighted by atomic mass is 9.64. The van der Waals surface area contributed by atoms with Crippen LogP contribution < -0.4 is 10.6 Å². The maximum Gasteiger partial charge on any atom is 0.224 e. The number of rotatable bonds is 4. The Morgan fingerprint density at radius 2 is 2.22 bits per heavy atom. The highest BCUT2D eigenvalue weighted by atomic mass is 16.3. The molecular formula is C13H22N4O. The van der Waals surface area contributed by atoms with E-state index < -0.39 is 0 Å². The summed E-state index contributed by atoms with van der Waals surface area (Å²) in [5.74, 6) is 1.49. The van der Waals surface area contributed by atoms with Gasteiger partial charge in [-0.25, -0.2) is 4.98 Å². The van der Waals surface area contributed by atoms with Gasteiger partial charge in [-0.1, -0.05) is 13.8 Å². The summed E-state index contributed by atoms with van der Waals surface area (Å²) in [6, 6.07) is 0.260. The normalized spacial score (nSPS) is 25.4. The lowest BCUT2D eigenvalue weighted by molar-refractivity contribution is -0.0511. The summed E-state index contributed by atoms with van der Waals surface area (Å²) in [4.78, 5) is 8.68. The molecule has 1 heterocycles. The van der Waals surface area contributed by atoms with Gasteiger partial charge in [-0.2, -0.15) is 4.98 Å². The Bertz CT molecular complexity index is 433. The van der Waals surface area contributed by atoms with Crippen molar-refractivity contribution >= 4 is 11.8 Å². The summed E-state index contributed by atoms with van der Waals surface area (Å²) < 4.78 is 0. The first-order valence-corrected chi connectivity index (χ1v) is 6.47. The molecule has 0 amide bonds. The molecule has 0 aliphatic heterocycles. The predicted molar refractivity (Wildman–Crippen MR) is 72.7 cm³/mol. The molecule has 0 bridgehead atoms. The minimum Gasteiger partial charge on any atom is -0.392 e. The largest absolute Gasteiger partial charge is 0.392 e. The van der Waals surface area contributed by atoms with Crippen LogP contribution >= 0.6 is 0 Å². The first-order valence-electron chi connectivity index (χ1n) is 6.47. The fourth-order valence-corrected chi connectivity index (χ4v) is 2.14. The summed E-state index contributed by atoms with van der Waals surface area (Å²) in [7, 11) is 0. The number of anilines is 2. The standard InChI is InChI=1S/C13H22N4O/c1-5-14-12-15-7-8(2)11(17-12)16-9-6-10(18)13(9,3)4/h7,9-10,18H,5-6H2,1-4H3,(H2,14,15,16,17). The van der Waals surface area contributed by atoms with Crippen molar-refractivity contribution in [3.8, 4) is 0 Å². The molecule has 1 aromatic rings. The van der Waals surface area contributed by atoms with Gasteiger partial charge >= 0.3 is 0 Å². The number of nitrogens with zero attached hydrogens (tertiary/aromatic N) is 2. The molecule has 1 aliphatic rings. The lowest BCUT2D eigenvalue weighted by Crippen LogP contribution is -2.57. The highest BCUT2D eigenvalue weighted by molar-refractivity contribution is 5.48. The predicted octanol–water partition coefficient (Wildman–Crippen LogP) is 1.79. The van der Waals surface area contributed by atoms with Gasteiger partial charge in [-0.3, -0.25) is 0 Å². The van der Waals surface area contributed by atoms with Crippen molar-refractivity contribution in [2.45, 2.75) is 46.3 Å². The molecule has 5 nitrogen and oxygen atoms in total. The summed E-state index contributed by atoms with van der Waals surface area (Å²) in [5.41, 5.74) is 0.921. The van der Waals surface area contributed by atoms with Crippen LogP contribution in [-0.4, -0.2) is 33.8 Å². The van der Waals surface area contributed by atoms with E-state index in [2.05, 4.69) is 34.4 Å². The van der Waals surface area contributed by atoms with E-state index in [1.54, 1.807) is 0 Å². The van der Waals surface area contributed by atoms with E-state index in [4.69, 9.17) is 0 Å². The Kier molecular flexibility index (Phi) is 3.43. The Morgan fingerprint density at radius 3 is 2.78 bits per heavy atom. The Balaban J connectivity index is 2.12. The maximum absolute atomic E-state index is 9.75. The highest BCUT2D eigenvalue weighted by Gasteiger charge is 2.47. The molecular weight excluding hydrogens is 228 g/mol. The van der Waals surface area contributed by atoms with E-state index in [1.807, 2.05) is 20.0 Å². The van der Waals surface area contributed by atoms with E-state index in [0.717, 1.165) is 24.3 Å². The van der Waals surface area contributed by atoms with E-state index in [1.165, 1.54) is 0 Å². The van der Waals surface area contributed by atoms with Crippen LogP contribution in [0, 0.1) is 12.3 Å². The van der Waals surface area contributed by atoms with Crippen LogP contribution in [0.5, 0.6) is 0 Å². The van der Waals surface area contributed by atoms with Gasteiger partial charge in [0.05, 0.1) is 6.10 Å². The molecule has 1 fully saturated rings. The minimum atomic E-state index is -0.231. The molecule has 2 atom stereocenters. The van der Waals surface area contributed by atoms with E-state index in [0.29, 0.717) is 5.95 Å². The van der Waals surface area contributed by atoms with Crippen molar-refractivity contribution in [1.29, 1.82) is 0 Å². The van der Waals surface area contributed by atoms with Crippen LogP contribution in [0.2, 0.25) is 0 Å². The third-order valence-electron chi connectivity index (χ3n) is 3.83. The molecule has 1 aromatic heterocycles. The number of aryl methyl sites for hydroxylation is 1. The van der Waals surface area contributed by atoms with Gasteiger partial charge in [0, 0.05) is 29.8 Å². The van der Waals surface area contributed by atoms with Gasteiger partial charge in [0.25, 0.3) is 0 Å². The van der Waals surface area contributed by atoms with Gasteiger partial charge in [-0.15, -0.1) is 0 Å². The Morgan fingerprint density at radius 1 is 1.50 bits per heavy atom. The quantitative estimate of drug-likeness (QED) is 0.760. The molecule has 1 aliphatic carbocycles. The van der Waals surface area contributed by atoms with Gasteiger partial charge in [0.2, 0.25) is 5.95 Å². The summed E-state index contributed by atoms with van der Waals surface area (Å²) in [5, 5.41) is 16.3. The summed E-state index contributed by atoms with van der Waals surface area (Å²) >= 11 is 0. The second-order valence-corrected chi connectivity index (χ2v) is 5.53. The number of hydrogen-bond acceptors (Lipinski definition) is 5. The molecule has 5 heteroatoms. The zero-order chi connectivity index (χ0) is 13.3. The van der Waals surface area contributed by atoms with Crippen molar-refractivity contribution in [3.63, 3.8) is 0 Å². The van der Waals surface area contributed by atoms with Crippen LogP contribution in [0.1, 0.15) is 32.8 Å². The average molecular weight is 250 g/mol. The van der Waals surface area contributed by atoms with Crippen LogP contribution in [0.25, 0.3) is 0 Å². The fraction of sp³-hybridized carbons (Fsp3) is 0.692. The number of nitrogens with one attached hydrogen (secondary N) is 2. The van der Waals surface area contributed by atoms with Crippen LogP contribution in [-0.2, 0) is 0 Å². The number of hydrogen-bond donors (Lipinski definition) is 3. The molecule has 100 valence electrons. The summed E-state index contributed by atoms with van der Waals surface area (Å²) in [6.45, 7) is 8.94. The molecule has 1 saturated carbocycles.